The summed E-state index contributed by atoms with van der Waals surface area (Å²) < 4.78 is 5.78. The number of aliphatic hydroxyl groups is 1. The summed E-state index contributed by atoms with van der Waals surface area (Å²) >= 11 is 1.58. The molecule has 1 aromatic heterocycles. The van der Waals surface area contributed by atoms with Gasteiger partial charge in [0.05, 0.1) is 5.57 Å². The maximum atomic E-state index is 13.2. The van der Waals surface area contributed by atoms with Gasteiger partial charge in [0.1, 0.15) is 0 Å². The average molecular weight is 439 g/mol. The minimum atomic E-state index is -0.916. The number of benzene rings is 1. The van der Waals surface area contributed by atoms with Crippen molar-refractivity contribution in [1.82, 2.24) is 0 Å². The summed E-state index contributed by atoms with van der Waals surface area (Å²) in [5, 5.41) is 10.9. The standard InChI is InChI=1S/C26H30O4S/c1-4-20(21-12-7-16(3)31-21)22-23(27)24(28)25(30-26(22)29)19(14-18-10-11-18)13-17-8-5-15(2)6-9-17/h5-9,12,18-20,25,27H,4,10-11,13-14H2,1-3H3. The molecule has 3 atom stereocenters. The van der Waals surface area contributed by atoms with Crippen LogP contribution in [0.5, 0.6) is 0 Å². The van der Waals surface area contributed by atoms with Gasteiger partial charge in [-0.2, -0.15) is 0 Å². The number of Topliss-reactive ketones (excluding diaryl/α,β-unsaturated/α-hetero) is 1. The van der Waals surface area contributed by atoms with Crippen LogP contribution < -0.4 is 0 Å². The first kappa shape index (κ1) is 21.8. The first-order chi connectivity index (χ1) is 14.9. The molecular weight excluding hydrogens is 408 g/mol. The van der Waals surface area contributed by atoms with Gasteiger partial charge in [0.25, 0.3) is 0 Å². The quantitative estimate of drug-likeness (QED) is 0.527. The van der Waals surface area contributed by atoms with Crippen molar-refractivity contribution in [3.05, 3.63) is 68.6 Å². The molecule has 3 unspecified atom stereocenters. The highest BCUT2D eigenvalue weighted by Crippen LogP contribution is 2.41. The number of rotatable bonds is 8. The Balaban J connectivity index is 1.62. The highest BCUT2D eigenvalue weighted by molar-refractivity contribution is 7.12. The van der Waals surface area contributed by atoms with Gasteiger partial charge in [-0.25, -0.2) is 4.79 Å². The third-order valence-electron chi connectivity index (χ3n) is 6.44. The minimum Gasteiger partial charge on any atom is -0.504 e. The largest absolute Gasteiger partial charge is 0.504 e. The van der Waals surface area contributed by atoms with E-state index in [1.165, 1.54) is 5.56 Å². The van der Waals surface area contributed by atoms with E-state index in [9.17, 15) is 14.7 Å². The van der Waals surface area contributed by atoms with E-state index in [-0.39, 0.29) is 17.4 Å². The summed E-state index contributed by atoms with van der Waals surface area (Å²) in [5.41, 5.74) is 2.42. The van der Waals surface area contributed by atoms with Crippen molar-refractivity contribution in [2.45, 2.75) is 64.9 Å². The van der Waals surface area contributed by atoms with Crippen molar-refractivity contribution in [2.75, 3.05) is 0 Å². The van der Waals surface area contributed by atoms with Crippen molar-refractivity contribution in [3.63, 3.8) is 0 Å². The molecular formula is C26H30O4S. The molecule has 1 aromatic carbocycles. The summed E-state index contributed by atoms with van der Waals surface area (Å²) in [4.78, 5) is 28.4. The van der Waals surface area contributed by atoms with Crippen molar-refractivity contribution < 1.29 is 19.4 Å². The van der Waals surface area contributed by atoms with E-state index in [0.29, 0.717) is 18.8 Å². The van der Waals surface area contributed by atoms with E-state index in [0.717, 1.165) is 34.6 Å². The van der Waals surface area contributed by atoms with Gasteiger partial charge in [0.15, 0.2) is 11.9 Å². The second-order valence-corrected chi connectivity index (χ2v) is 10.3. The summed E-state index contributed by atoms with van der Waals surface area (Å²) in [6.45, 7) is 6.00. The van der Waals surface area contributed by atoms with Crippen LogP contribution in [0.2, 0.25) is 0 Å². The monoisotopic (exact) mass is 438 g/mol. The average Bonchev–Trinajstić information content (AvgIpc) is 3.47. The molecule has 1 N–H and O–H groups in total. The Morgan fingerprint density at radius 1 is 1.10 bits per heavy atom. The Morgan fingerprint density at radius 2 is 1.81 bits per heavy atom. The van der Waals surface area contributed by atoms with Crippen molar-refractivity contribution >= 4 is 23.1 Å². The third kappa shape index (κ3) is 4.77. The molecule has 5 heteroatoms. The van der Waals surface area contributed by atoms with Crippen LogP contribution >= 0.6 is 11.3 Å². The first-order valence-corrected chi connectivity index (χ1v) is 12.0. The van der Waals surface area contributed by atoms with Crippen LogP contribution in [-0.2, 0) is 20.7 Å². The minimum absolute atomic E-state index is 0.117. The maximum Gasteiger partial charge on any atom is 0.339 e. The highest BCUT2D eigenvalue weighted by Gasteiger charge is 2.44. The number of carbonyl (C=O) groups is 2. The molecule has 0 amide bonds. The molecule has 164 valence electrons. The van der Waals surface area contributed by atoms with Crippen LogP contribution in [0.25, 0.3) is 0 Å². The van der Waals surface area contributed by atoms with Crippen LogP contribution in [0, 0.1) is 25.7 Å². The molecule has 1 aliphatic heterocycles. The van der Waals surface area contributed by atoms with Crippen LogP contribution in [0.4, 0.5) is 0 Å². The molecule has 1 fully saturated rings. The van der Waals surface area contributed by atoms with Gasteiger partial charge in [0, 0.05) is 21.6 Å². The lowest BCUT2D eigenvalue weighted by Gasteiger charge is -2.31. The van der Waals surface area contributed by atoms with E-state index in [1.54, 1.807) is 11.3 Å². The number of hydrogen-bond acceptors (Lipinski definition) is 5. The first-order valence-electron chi connectivity index (χ1n) is 11.2. The zero-order valence-corrected chi connectivity index (χ0v) is 19.2. The number of aliphatic hydroxyl groups excluding tert-OH is 1. The molecule has 4 nitrogen and oxygen atoms in total. The summed E-state index contributed by atoms with van der Waals surface area (Å²) in [5.74, 6) is -1.27. The fourth-order valence-corrected chi connectivity index (χ4v) is 5.60. The number of esters is 1. The van der Waals surface area contributed by atoms with Crippen LogP contribution in [0.3, 0.4) is 0 Å². The molecule has 0 radical (unpaired) electrons. The lowest BCUT2D eigenvalue weighted by Crippen LogP contribution is -2.42. The van der Waals surface area contributed by atoms with Crippen LogP contribution in [0.1, 0.15) is 59.4 Å². The number of thiophene rings is 1. The summed E-state index contributed by atoms with van der Waals surface area (Å²) in [6, 6.07) is 12.2. The molecule has 1 aliphatic carbocycles. The predicted molar refractivity (Wildman–Crippen MR) is 122 cm³/mol. The zero-order valence-electron chi connectivity index (χ0n) is 18.4. The lowest BCUT2D eigenvalue weighted by molar-refractivity contribution is -0.158. The molecule has 1 saturated carbocycles. The number of ether oxygens (including phenoxy) is 1. The summed E-state index contributed by atoms with van der Waals surface area (Å²) in [7, 11) is 0. The van der Waals surface area contributed by atoms with Crippen molar-refractivity contribution in [2.24, 2.45) is 11.8 Å². The molecule has 2 heterocycles. The van der Waals surface area contributed by atoms with E-state index in [1.807, 2.05) is 32.9 Å². The predicted octanol–water partition coefficient (Wildman–Crippen LogP) is 5.82. The smallest absolute Gasteiger partial charge is 0.339 e. The number of cyclic esters (lactones) is 1. The highest BCUT2D eigenvalue weighted by atomic mass is 32.1. The Bertz CT molecular complexity index is 997. The Labute approximate surface area is 187 Å². The van der Waals surface area contributed by atoms with Gasteiger partial charge >= 0.3 is 5.97 Å². The Kier molecular flexibility index (Phi) is 6.33. The molecule has 2 aliphatic rings. The van der Waals surface area contributed by atoms with E-state index < -0.39 is 23.6 Å². The second-order valence-electron chi connectivity index (χ2n) is 8.99. The van der Waals surface area contributed by atoms with E-state index >= 15 is 0 Å². The fraction of sp³-hybridized carbons (Fsp3) is 0.462. The van der Waals surface area contributed by atoms with Gasteiger partial charge in [-0.05, 0) is 56.7 Å². The van der Waals surface area contributed by atoms with E-state index in [4.69, 9.17) is 4.74 Å². The number of ketones is 1. The van der Waals surface area contributed by atoms with Crippen LogP contribution in [0.15, 0.2) is 47.7 Å². The van der Waals surface area contributed by atoms with Crippen LogP contribution in [-0.4, -0.2) is 23.0 Å². The molecule has 2 aromatic rings. The molecule has 0 spiro atoms. The Morgan fingerprint density at radius 3 is 2.39 bits per heavy atom. The number of carbonyl (C=O) groups excluding carboxylic acids is 2. The normalized spacial score (nSPS) is 21.2. The second kappa shape index (κ2) is 8.99. The van der Waals surface area contributed by atoms with Gasteiger partial charge in [0.2, 0.25) is 5.78 Å². The number of hydrogen-bond donors (Lipinski definition) is 1. The van der Waals surface area contributed by atoms with Gasteiger partial charge < -0.3 is 9.84 Å². The van der Waals surface area contributed by atoms with Gasteiger partial charge in [-0.3, -0.25) is 4.79 Å². The van der Waals surface area contributed by atoms with Gasteiger partial charge in [-0.15, -0.1) is 11.3 Å². The molecule has 0 bridgehead atoms. The Hall–Kier alpha value is -2.40. The van der Waals surface area contributed by atoms with Crippen molar-refractivity contribution in [1.29, 1.82) is 0 Å². The molecule has 0 saturated heterocycles. The van der Waals surface area contributed by atoms with Crippen molar-refractivity contribution in [3.8, 4) is 0 Å². The zero-order chi connectivity index (χ0) is 22.1. The third-order valence-corrected chi connectivity index (χ3v) is 7.56. The summed E-state index contributed by atoms with van der Waals surface area (Å²) in [6.07, 6.45) is 3.50. The fourth-order valence-electron chi connectivity index (χ4n) is 4.52. The van der Waals surface area contributed by atoms with Gasteiger partial charge in [-0.1, -0.05) is 49.6 Å². The SMILES string of the molecule is CCC(C1=C(O)C(=O)C(C(Cc2ccc(C)cc2)CC2CC2)OC1=O)c1ccc(C)s1. The van der Waals surface area contributed by atoms with E-state index in [2.05, 4.69) is 24.3 Å². The lowest BCUT2D eigenvalue weighted by atomic mass is 9.83. The maximum absolute atomic E-state index is 13.2. The molecule has 31 heavy (non-hydrogen) atoms. The molecule has 4 rings (SSSR count). The number of aryl methyl sites for hydroxylation is 2. The topological polar surface area (TPSA) is 63.6 Å².